The predicted molar refractivity (Wildman–Crippen MR) is 128 cm³/mol. The number of aryl methyl sites for hydroxylation is 1. The predicted octanol–water partition coefficient (Wildman–Crippen LogP) is 4.14. The summed E-state index contributed by atoms with van der Waals surface area (Å²) in [6.07, 6.45) is 0.681. The van der Waals surface area contributed by atoms with Crippen LogP contribution in [-0.2, 0) is 27.9 Å². The van der Waals surface area contributed by atoms with Crippen LogP contribution in [0.5, 0.6) is 11.7 Å². The molecular weight excluding hydrogens is 440 g/mol. The number of benzene rings is 1. The van der Waals surface area contributed by atoms with Crippen LogP contribution in [0.4, 0.5) is 0 Å². The normalized spacial score (nSPS) is 19.2. The molecule has 2 aromatic heterocycles. The Hall–Kier alpha value is -3.10. The largest absolute Gasteiger partial charge is 0.497 e. The third kappa shape index (κ3) is 4.60. The molecular formula is C26H32O8. The van der Waals surface area contributed by atoms with Gasteiger partial charge in [0.2, 0.25) is 0 Å². The van der Waals surface area contributed by atoms with Crippen molar-refractivity contribution in [1.82, 2.24) is 0 Å². The van der Waals surface area contributed by atoms with Crippen LogP contribution >= 0.6 is 0 Å². The highest BCUT2D eigenvalue weighted by molar-refractivity contribution is 5.83. The summed E-state index contributed by atoms with van der Waals surface area (Å²) >= 11 is 0. The van der Waals surface area contributed by atoms with Gasteiger partial charge in [-0.25, -0.2) is 0 Å². The van der Waals surface area contributed by atoms with Gasteiger partial charge in [0, 0.05) is 45.6 Å². The van der Waals surface area contributed by atoms with E-state index in [4.69, 9.17) is 27.8 Å². The fourth-order valence-electron chi connectivity index (χ4n) is 4.56. The molecule has 0 N–H and O–H groups in total. The Labute approximate surface area is 198 Å². The van der Waals surface area contributed by atoms with Crippen molar-refractivity contribution in [2.75, 3.05) is 28.4 Å². The summed E-state index contributed by atoms with van der Waals surface area (Å²) in [6, 6.07) is 6.13. The van der Waals surface area contributed by atoms with Gasteiger partial charge in [-0.15, -0.1) is 0 Å². The van der Waals surface area contributed by atoms with Crippen molar-refractivity contribution in [3.8, 4) is 11.7 Å². The van der Waals surface area contributed by atoms with Crippen molar-refractivity contribution in [1.29, 1.82) is 0 Å². The van der Waals surface area contributed by atoms with E-state index >= 15 is 0 Å². The Balaban J connectivity index is 0.00000158. The average molecular weight is 473 g/mol. The maximum absolute atomic E-state index is 13.8. The Kier molecular flexibility index (Phi) is 7.84. The van der Waals surface area contributed by atoms with Crippen molar-refractivity contribution in [3.05, 3.63) is 67.4 Å². The van der Waals surface area contributed by atoms with E-state index in [1.807, 2.05) is 20.8 Å². The number of fused-ring (bicyclic) bond motifs is 2. The van der Waals surface area contributed by atoms with Gasteiger partial charge in [-0.2, -0.15) is 0 Å². The molecule has 1 aliphatic carbocycles. The van der Waals surface area contributed by atoms with E-state index in [9.17, 15) is 9.59 Å². The highest BCUT2D eigenvalue weighted by Gasteiger charge is 2.46. The minimum Gasteiger partial charge on any atom is -0.497 e. The maximum Gasteiger partial charge on any atom is 0.288 e. The quantitative estimate of drug-likeness (QED) is 0.528. The van der Waals surface area contributed by atoms with E-state index in [0.29, 0.717) is 46.6 Å². The van der Waals surface area contributed by atoms with E-state index in [0.717, 1.165) is 5.56 Å². The van der Waals surface area contributed by atoms with E-state index < -0.39 is 5.60 Å². The first kappa shape index (κ1) is 25.5. The van der Waals surface area contributed by atoms with E-state index in [1.54, 1.807) is 26.4 Å². The van der Waals surface area contributed by atoms with Crippen LogP contribution in [0.3, 0.4) is 0 Å². The molecule has 0 saturated heterocycles. The van der Waals surface area contributed by atoms with Gasteiger partial charge in [0.05, 0.1) is 37.3 Å². The highest BCUT2D eigenvalue weighted by atomic mass is 16.6. The fraction of sp³-hybridized carbons (Fsp3) is 0.462. The molecule has 0 saturated carbocycles. The molecule has 3 aromatic rings. The molecule has 2 unspecified atom stereocenters. The third-order valence-electron chi connectivity index (χ3n) is 6.08. The average Bonchev–Trinajstić information content (AvgIpc) is 2.83. The first-order valence-corrected chi connectivity index (χ1v) is 11.2. The van der Waals surface area contributed by atoms with Gasteiger partial charge >= 0.3 is 0 Å². The molecule has 8 heteroatoms. The number of hydrogen-bond acceptors (Lipinski definition) is 8. The number of hydrogen-bond donors (Lipinski definition) is 0. The second-order valence-electron chi connectivity index (χ2n) is 7.97. The SMILES string of the molecule is CC.COc1cc(C)c2c(=O)c3c(oc2c1)CC(OC)CC3(Cc1cc(=O)cc(OC)o1)OC. The van der Waals surface area contributed by atoms with Gasteiger partial charge in [-0.05, 0) is 18.6 Å². The number of ether oxygens (including phenoxy) is 4. The molecule has 0 fully saturated rings. The summed E-state index contributed by atoms with van der Waals surface area (Å²) in [4.78, 5) is 25.9. The zero-order valence-electron chi connectivity index (χ0n) is 20.8. The lowest BCUT2D eigenvalue weighted by Gasteiger charge is -2.39. The van der Waals surface area contributed by atoms with Gasteiger partial charge < -0.3 is 27.8 Å². The summed E-state index contributed by atoms with van der Waals surface area (Å²) in [5.41, 5.74) is 0.0465. The van der Waals surface area contributed by atoms with Crippen LogP contribution < -0.4 is 20.3 Å². The Morgan fingerprint density at radius 3 is 2.35 bits per heavy atom. The number of methoxy groups -OCH3 is 4. The molecule has 2 atom stereocenters. The molecule has 2 heterocycles. The Morgan fingerprint density at radius 2 is 1.74 bits per heavy atom. The lowest BCUT2D eigenvalue weighted by molar-refractivity contribution is -0.0768. The Morgan fingerprint density at radius 1 is 1.00 bits per heavy atom. The summed E-state index contributed by atoms with van der Waals surface area (Å²) < 4.78 is 34.0. The molecule has 1 aliphatic rings. The monoisotopic (exact) mass is 472 g/mol. The lowest BCUT2D eigenvalue weighted by atomic mass is 9.76. The summed E-state index contributed by atoms with van der Waals surface area (Å²) in [6.45, 7) is 5.84. The van der Waals surface area contributed by atoms with Crippen molar-refractivity contribution >= 4 is 11.0 Å². The topological polar surface area (TPSA) is 97.3 Å². The van der Waals surface area contributed by atoms with E-state index in [1.165, 1.54) is 26.4 Å². The second kappa shape index (κ2) is 10.4. The van der Waals surface area contributed by atoms with E-state index in [2.05, 4.69) is 0 Å². The van der Waals surface area contributed by atoms with Crippen molar-refractivity contribution < 1.29 is 27.8 Å². The molecule has 0 aliphatic heterocycles. The smallest absolute Gasteiger partial charge is 0.288 e. The highest BCUT2D eigenvalue weighted by Crippen LogP contribution is 2.42. The summed E-state index contributed by atoms with van der Waals surface area (Å²) in [7, 11) is 6.12. The molecule has 1 aromatic carbocycles. The van der Waals surface area contributed by atoms with Gasteiger partial charge in [0.15, 0.2) is 10.9 Å². The van der Waals surface area contributed by atoms with Crippen molar-refractivity contribution in [2.24, 2.45) is 0 Å². The van der Waals surface area contributed by atoms with E-state index in [-0.39, 0.29) is 29.3 Å². The van der Waals surface area contributed by atoms with Crippen LogP contribution in [-0.4, -0.2) is 34.5 Å². The first-order valence-electron chi connectivity index (χ1n) is 11.2. The summed E-state index contributed by atoms with van der Waals surface area (Å²) in [5.74, 6) is 1.52. The molecule has 0 amide bonds. The van der Waals surface area contributed by atoms with Crippen LogP contribution in [0.1, 0.15) is 42.9 Å². The fourth-order valence-corrected chi connectivity index (χ4v) is 4.56. The molecule has 184 valence electrons. The minimum atomic E-state index is -1.11. The first-order chi connectivity index (χ1) is 16.3. The third-order valence-corrected chi connectivity index (χ3v) is 6.08. The second-order valence-corrected chi connectivity index (χ2v) is 7.97. The van der Waals surface area contributed by atoms with Gasteiger partial charge in [0.1, 0.15) is 28.5 Å². The number of rotatable bonds is 6. The Bertz CT molecular complexity index is 1270. The maximum atomic E-state index is 13.8. The van der Waals surface area contributed by atoms with Crippen molar-refractivity contribution in [3.63, 3.8) is 0 Å². The minimum absolute atomic E-state index is 0.0894. The van der Waals surface area contributed by atoms with Crippen LogP contribution in [0.15, 0.2) is 42.7 Å². The zero-order chi connectivity index (χ0) is 25.0. The summed E-state index contributed by atoms with van der Waals surface area (Å²) in [5, 5.41) is 0.467. The van der Waals surface area contributed by atoms with Gasteiger partial charge in [0.25, 0.3) is 5.95 Å². The lowest BCUT2D eigenvalue weighted by Crippen LogP contribution is -2.45. The molecule has 8 nitrogen and oxygen atoms in total. The molecule has 0 radical (unpaired) electrons. The van der Waals surface area contributed by atoms with Crippen molar-refractivity contribution in [2.45, 2.75) is 51.7 Å². The molecule has 34 heavy (non-hydrogen) atoms. The van der Waals surface area contributed by atoms with Gasteiger partial charge in [-0.1, -0.05) is 13.8 Å². The van der Waals surface area contributed by atoms with Crippen LogP contribution in [0, 0.1) is 6.92 Å². The zero-order valence-corrected chi connectivity index (χ0v) is 20.8. The van der Waals surface area contributed by atoms with Crippen LogP contribution in [0.2, 0.25) is 0 Å². The molecule has 4 rings (SSSR count). The molecule has 0 spiro atoms. The van der Waals surface area contributed by atoms with Gasteiger partial charge in [-0.3, -0.25) is 9.59 Å². The van der Waals surface area contributed by atoms with Crippen LogP contribution in [0.25, 0.3) is 11.0 Å². The standard InChI is InChI=1S/C24H26O8.C2H6/c1-13-6-15(27-2)9-18-21(13)23(26)22-19(32-18)10-16(28-3)11-24(22,30-5)12-17-7-14(25)8-20(29-4)31-17;1-2/h6-9,16H,10-12H2,1-5H3;1-2H3. The molecule has 0 bridgehead atoms.